The van der Waals surface area contributed by atoms with Gasteiger partial charge < -0.3 is 10.2 Å². The first-order valence-electron chi connectivity index (χ1n) is 8.52. The molecule has 3 aliphatic rings. The average Bonchev–Trinajstić information content (AvgIpc) is 2.72. The van der Waals surface area contributed by atoms with Crippen LogP contribution in [0.2, 0.25) is 0 Å². The van der Waals surface area contributed by atoms with Gasteiger partial charge in [-0.1, -0.05) is 13.8 Å². The molecule has 19 heavy (non-hydrogen) atoms. The molecule has 0 spiro atoms. The zero-order valence-electron chi connectivity index (χ0n) is 12.8. The van der Waals surface area contributed by atoms with Gasteiger partial charge in [0.15, 0.2) is 0 Å². The molecule has 1 N–H and O–H groups in total. The normalized spacial score (nSPS) is 39.9. The Bertz CT molecular complexity index is 270. The topological polar surface area (TPSA) is 18.5 Å². The van der Waals surface area contributed by atoms with Crippen LogP contribution in [0.3, 0.4) is 0 Å². The van der Waals surface area contributed by atoms with Gasteiger partial charge in [-0.25, -0.2) is 0 Å². The van der Waals surface area contributed by atoms with Crippen LogP contribution in [0, 0.1) is 11.8 Å². The summed E-state index contributed by atoms with van der Waals surface area (Å²) in [6.07, 6.45) is 5.93. The molecule has 1 saturated heterocycles. The highest BCUT2D eigenvalue weighted by Gasteiger charge is 2.45. The van der Waals surface area contributed by atoms with Gasteiger partial charge in [0.2, 0.25) is 0 Å². The zero-order chi connectivity index (χ0) is 13.2. The van der Waals surface area contributed by atoms with E-state index >= 15 is 0 Å². The van der Waals surface area contributed by atoms with E-state index in [2.05, 4.69) is 29.0 Å². The van der Waals surface area contributed by atoms with E-state index in [1.807, 2.05) is 0 Å². The second-order valence-electron chi connectivity index (χ2n) is 6.72. The minimum Gasteiger partial charge on any atom is -0.314 e. The van der Waals surface area contributed by atoms with Crippen LogP contribution in [0.1, 0.15) is 39.5 Å². The van der Waals surface area contributed by atoms with Gasteiger partial charge in [-0.3, -0.25) is 4.90 Å². The van der Waals surface area contributed by atoms with Crippen LogP contribution in [0.4, 0.5) is 0 Å². The van der Waals surface area contributed by atoms with Crippen LogP contribution in [0.15, 0.2) is 0 Å². The van der Waals surface area contributed by atoms with E-state index < -0.39 is 0 Å². The van der Waals surface area contributed by atoms with E-state index in [9.17, 15) is 0 Å². The smallest absolute Gasteiger partial charge is 0.0153 e. The minimum absolute atomic E-state index is 0.895. The minimum atomic E-state index is 0.895. The monoisotopic (exact) mass is 265 g/mol. The first kappa shape index (κ1) is 13.8. The second-order valence-corrected chi connectivity index (χ2v) is 6.72. The van der Waals surface area contributed by atoms with Crippen LogP contribution >= 0.6 is 0 Å². The maximum absolute atomic E-state index is 3.49. The van der Waals surface area contributed by atoms with Crippen molar-refractivity contribution in [1.82, 2.24) is 15.1 Å². The Hall–Kier alpha value is -0.120. The predicted molar refractivity (Wildman–Crippen MR) is 80.4 cm³/mol. The molecule has 0 amide bonds. The summed E-state index contributed by atoms with van der Waals surface area (Å²) in [5, 5.41) is 3.49. The lowest BCUT2D eigenvalue weighted by Crippen LogP contribution is -2.54. The van der Waals surface area contributed by atoms with Crippen LogP contribution in [0.25, 0.3) is 0 Å². The number of nitrogens with one attached hydrogen (secondary N) is 1. The van der Waals surface area contributed by atoms with Crippen molar-refractivity contribution < 1.29 is 0 Å². The first-order chi connectivity index (χ1) is 9.33. The van der Waals surface area contributed by atoms with E-state index in [4.69, 9.17) is 0 Å². The van der Waals surface area contributed by atoms with Gasteiger partial charge >= 0.3 is 0 Å². The third-order valence-corrected chi connectivity index (χ3v) is 5.93. The van der Waals surface area contributed by atoms with Gasteiger partial charge in [0.1, 0.15) is 0 Å². The van der Waals surface area contributed by atoms with Crippen molar-refractivity contribution in [1.29, 1.82) is 0 Å². The Morgan fingerprint density at radius 3 is 2.11 bits per heavy atom. The predicted octanol–water partition coefficient (Wildman–Crippen LogP) is 1.79. The number of hydrogen-bond acceptors (Lipinski definition) is 3. The van der Waals surface area contributed by atoms with E-state index in [0.29, 0.717) is 0 Å². The van der Waals surface area contributed by atoms with Gasteiger partial charge in [0, 0.05) is 38.3 Å². The van der Waals surface area contributed by atoms with E-state index in [1.54, 1.807) is 0 Å². The zero-order valence-corrected chi connectivity index (χ0v) is 12.8. The van der Waals surface area contributed by atoms with Crippen molar-refractivity contribution in [2.24, 2.45) is 11.8 Å². The highest BCUT2D eigenvalue weighted by atomic mass is 15.2. The van der Waals surface area contributed by atoms with Crippen molar-refractivity contribution >= 4 is 0 Å². The standard InChI is InChI=1S/C16H31N3/c1-3-18(4-2)16-13-5-6-14(16)12-15(11-13)19-9-7-17-8-10-19/h13-17H,3-12H2,1-2H3. The van der Waals surface area contributed by atoms with Gasteiger partial charge in [-0.05, 0) is 50.6 Å². The van der Waals surface area contributed by atoms with Crippen molar-refractivity contribution in [2.75, 3.05) is 39.3 Å². The number of fused-ring (bicyclic) bond motifs is 2. The summed E-state index contributed by atoms with van der Waals surface area (Å²) in [4.78, 5) is 5.52. The van der Waals surface area contributed by atoms with Crippen LogP contribution in [0.5, 0.6) is 0 Å². The Kier molecular flexibility index (Phi) is 4.45. The number of rotatable bonds is 4. The second kappa shape index (κ2) is 6.11. The lowest BCUT2D eigenvalue weighted by molar-refractivity contribution is 0.0429. The quantitative estimate of drug-likeness (QED) is 0.836. The summed E-state index contributed by atoms with van der Waals surface area (Å²) < 4.78 is 0. The molecule has 1 heterocycles. The molecule has 2 atom stereocenters. The molecule has 0 aromatic rings. The lowest BCUT2D eigenvalue weighted by atomic mass is 9.79. The van der Waals surface area contributed by atoms with Crippen LogP contribution in [-0.4, -0.2) is 61.2 Å². The first-order valence-corrected chi connectivity index (χ1v) is 8.52. The fourth-order valence-electron chi connectivity index (χ4n) is 5.05. The summed E-state index contributed by atoms with van der Waals surface area (Å²) >= 11 is 0. The Morgan fingerprint density at radius 2 is 1.58 bits per heavy atom. The molecule has 3 heteroatoms. The fraction of sp³-hybridized carbons (Fsp3) is 1.00. The van der Waals surface area contributed by atoms with Gasteiger partial charge in [-0.2, -0.15) is 0 Å². The molecule has 2 aliphatic carbocycles. The van der Waals surface area contributed by atoms with Crippen LogP contribution in [-0.2, 0) is 0 Å². The van der Waals surface area contributed by atoms with Crippen molar-refractivity contribution in [3.8, 4) is 0 Å². The fourth-order valence-corrected chi connectivity index (χ4v) is 5.05. The van der Waals surface area contributed by atoms with Crippen molar-refractivity contribution in [3.63, 3.8) is 0 Å². The van der Waals surface area contributed by atoms with Crippen molar-refractivity contribution in [2.45, 2.75) is 51.6 Å². The molecule has 2 unspecified atom stereocenters. The molecule has 3 rings (SSSR count). The number of nitrogens with zero attached hydrogens (tertiary/aromatic N) is 2. The highest BCUT2D eigenvalue weighted by molar-refractivity contribution is 5.00. The molecule has 2 saturated carbocycles. The maximum atomic E-state index is 3.49. The Morgan fingerprint density at radius 1 is 1.00 bits per heavy atom. The summed E-state index contributed by atoms with van der Waals surface area (Å²) in [7, 11) is 0. The molecule has 3 fully saturated rings. The van der Waals surface area contributed by atoms with Crippen LogP contribution < -0.4 is 5.32 Å². The summed E-state index contributed by atoms with van der Waals surface area (Å²) in [5.74, 6) is 1.97. The van der Waals surface area contributed by atoms with E-state index in [1.165, 1.54) is 65.0 Å². The average molecular weight is 265 g/mol. The summed E-state index contributed by atoms with van der Waals surface area (Å²) in [6, 6.07) is 1.81. The molecular formula is C16H31N3. The molecule has 2 bridgehead atoms. The van der Waals surface area contributed by atoms with Crippen molar-refractivity contribution in [3.05, 3.63) is 0 Å². The molecule has 3 nitrogen and oxygen atoms in total. The van der Waals surface area contributed by atoms with Gasteiger partial charge in [-0.15, -0.1) is 0 Å². The number of piperazine rings is 1. The van der Waals surface area contributed by atoms with Gasteiger partial charge in [0.25, 0.3) is 0 Å². The SMILES string of the molecule is CCN(CC)C1C2CCC1CC(N1CCNCC1)C2. The summed E-state index contributed by atoms with van der Waals surface area (Å²) in [6.45, 7) is 12.1. The Labute approximate surface area is 118 Å². The third kappa shape index (κ3) is 2.70. The molecule has 0 radical (unpaired) electrons. The molecular weight excluding hydrogens is 234 g/mol. The van der Waals surface area contributed by atoms with E-state index in [0.717, 1.165) is 23.9 Å². The van der Waals surface area contributed by atoms with E-state index in [-0.39, 0.29) is 0 Å². The number of hydrogen-bond donors (Lipinski definition) is 1. The highest BCUT2D eigenvalue weighted by Crippen LogP contribution is 2.46. The molecule has 1 aliphatic heterocycles. The summed E-state index contributed by atoms with van der Waals surface area (Å²) in [5.41, 5.74) is 0. The van der Waals surface area contributed by atoms with Gasteiger partial charge in [0.05, 0.1) is 0 Å². The molecule has 0 aromatic carbocycles. The lowest BCUT2D eigenvalue weighted by Gasteiger charge is -2.45. The molecule has 0 aromatic heterocycles. The Balaban J connectivity index is 1.64. The largest absolute Gasteiger partial charge is 0.314 e. The molecule has 110 valence electrons. The maximum Gasteiger partial charge on any atom is 0.0153 e. The third-order valence-electron chi connectivity index (χ3n) is 5.93.